The second-order valence-corrected chi connectivity index (χ2v) is 4.57. The second kappa shape index (κ2) is 3.43. The van der Waals surface area contributed by atoms with Gasteiger partial charge in [-0.15, -0.1) is 0 Å². The first kappa shape index (κ1) is 9.57. The molecule has 1 aliphatic rings. The molecule has 0 saturated carbocycles. The molecule has 0 aromatic carbocycles. The molecule has 2 aromatic heterocycles. The molecule has 1 atom stereocenters. The Bertz CT molecular complexity index is 518. The fourth-order valence-corrected chi connectivity index (χ4v) is 2.28. The normalized spacial score (nSPS) is 20.9. The molecular weight excluding hydrogens is 202 g/mol. The first-order valence-electron chi connectivity index (χ1n) is 5.66. The fourth-order valence-electron chi connectivity index (χ4n) is 2.28. The van der Waals surface area contributed by atoms with Gasteiger partial charge in [-0.1, -0.05) is 6.92 Å². The third kappa shape index (κ3) is 1.43. The van der Waals surface area contributed by atoms with E-state index in [1.807, 2.05) is 11.4 Å². The molecule has 1 unspecified atom stereocenters. The van der Waals surface area contributed by atoms with E-state index in [-0.39, 0.29) is 0 Å². The van der Waals surface area contributed by atoms with E-state index in [9.17, 15) is 0 Å². The van der Waals surface area contributed by atoms with Crippen molar-refractivity contribution in [3.8, 4) is 0 Å². The minimum Gasteiger partial charge on any atom is -0.356 e. The molecule has 5 heteroatoms. The summed E-state index contributed by atoms with van der Waals surface area (Å²) >= 11 is 0. The van der Waals surface area contributed by atoms with E-state index in [1.165, 1.54) is 6.42 Å². The Morgan fingerprint density at radius 3 is 3.06 bits per heavy atom. The molecule has 84 valence electrons. The average molecular weight is 217 g/mol. The predicted octanol–water partition coefficient (Wildman–Crippen LogP) is 1.28. The third-order valence-corrected chi connectivity index (χ3v) is 3.11. The van der Waals surface area contributed by atoms with Crippen LogP contribution in [0.25, 0.3) is 5.78 Å². The van der Waals surface area contributed by atoms with E-state index >= 15 is 0 Å². The van der Waals surface area contributed by atoms with Crippen molar-refractivity contribution in [3.63, 3.8) is 0 Å². The number of hydrogen-bond acceptors (Lipinski definition) is 4. The number of aromatic nitrogens is 4. The van der Waals surface area contributed by atoms with Crippen LogP contribution in [-0.2, 0) is 0 Å². The summed E-state index contributed by atoms with van der Waals surface area (Å²) < 4.78 is 1.82. The Labute approximate surface area is 94.1 Å². The fraction of sp³-hybridized carbons (Fsp3) is 0.545. The lowest BCUT2D eigenvalue weighted by molar-refractivity contribution is 0.658. The lowest BCUT2D eigenvalue weighted by atomic mass is 10.2. The molecule has 0 bridgehead atoms. The van der Waals surface area contributed by atoms with Gasteiger partial charge in [-0.3, -0.25) is 0 Å². The number of rotatable bonds is 1. The Morgan fingerprint density at radius 2 is 2.31 bits per heavy atom. The highest BCUT2D eigenvalue weighted by Gasteiger charge is 2.21. The SMILES string of the molecule is Cc1cc(N2CCC(C)C2)n2ncnc2n1. The minimum atomic E-state index is 0.689. The zero-order valence-corrected chi connectivity index (χ0v) is 9.59. The molecular formula is C11H15N5. The standard InChI is InChI=1S/C11H15N5/c1-8-3-4-15(6-8)10-5-9(2)14-11-12-7-13-16(10)11/h5,7-8H,3-4,6H2,1-2H3. The lowest BCUT2D eigenvalue weighted by Gasteiger charge is -2.18. The summed E-state index contributed by atoms with van der Waals surface area (Å²) in [6, 6.07) is 2.08. The van der Waals surface area contributed by atoms with Crippen molar-refractivity contribution >= 4 is 11.6 Å². The van der Waals surface area contributed by atoms with Crippen molar-refractivity contribution in [1.82, 2.24) is 19.6 Å². The van der Waals surface area contributed by atoms with Crippen molar-refractivity contribution < 1.29 is 0 Å². The zero-order chi connectivity index (χ0) is 11.1. The van der Waals surface area contributed by atoms with Crippen LogP contribution in [0.2, 0.25) is 0 Å². The van der Waals surface area contributed by atoms with Gasteiger partial charge >= 0.3 is 0 Å². The van der Waals surface area contributed by atoms with Gasteiger partial charge in [0.15, 0.2) is 0 Å². The van der Waals surface area contributed by atoms with Crippen LogP contribution in [-0.4, -0.2) is 32.7 Å². The largest absolute Gasteiger partial charge is 0.356 e. The van der Waals surface area contributed by atoms with Crippen LogP contribution in [0.3, 0.4) is 0 Å². The van der Waals surface area contributed by atoms with Gasteiger partial charge in [0, 0.05) is 24.8 Å². The smallest absolute Gasteiger partial charge is 0.254 e. The molecule has 16 heavy (non-hydrogen) atoms. The van der Waals surface area contributed by atoms with Crippen LogP contribution in [0.15, 0.2) is 12.4 Å². The Hall–Kier alpha value is -1.65. The summed E-state index contributed by atoms with van der Waals surface area (Å²) in [6.07, 6.45) is 2.81. The van der Waals surface area contributed by atoms with Crippen LogP contribution in [0.5, 0.6) is 0 Å². The van der Waals surface area contributed by atoms with E-state index in [0.29, 0.717) is 5.78 Å². The summed E-state index contributed by atoms with van der Waals surface area (Å²) in [7, 11) is 0. The number of anilines is 1. The topological polar surface area (TPSA) is 46.3 Å². The first-order valence-corrected chi connectivity index (χ1v) is 5.66. The van der Waals surface area contributed by atoms with Gasteiger partial charge < -0.3 is 4.90 Å². The molecule has 0 spiro atoms. The molecule has 3 heterocycles. The molecule has 0 radical (unpaired) electrons. The maximum Gasteiger partial charge on any atom is 0.254 e. The third-order valence-electron chi connectivity index (χ3n) is 3.11. The van der Waals surface area contributed by atoms with E-state index in [0.717, 1.165) is 30.5 Å². The van der Waals surface area contributed by atoms with Crippen molar-refractivity contribution in [2.24, 2.45) is 5.92 Å². The molecule has 3 rings (SSSR count). The predicted molar refractivity (Wildman–Crippen MR) is 61.5 cm³/mol. The van der Waals surface area contributed by atoms with Gasteiger partial charge in [0.1, 0.15) is 12.1 Å². The highest BCUT2D eigenvalue weighted by atomic mass is 15.4. The Morgan fingerprint density at radius 1 is 1.44 bits per heavy atom. The molecule has 0 N–H and O–H groups in total. The van der Waals surface area contributed by atoms with Crippen LogP contribution in [0, 0.1) is 12.8 Å². The molecule has 2 aromatic rings. The van der Waals surface area contributed by atoms with Gasteiger partial charge in [0.2, 0.25) is 0 Å². The van der Waals surface area contributed by atoms with E-state index in [4.69, 9.17) is 0 Å². The lowest BCUT2D eigenvalue weighted by Crippen LogP contribution is -2.22. The zero-order valence-electron chi connectivity index (χ0n) is 9.59. The monoisotopic (exact) mass is 217 g/mol. The van der Waals surface area contributed by atoms with Gasteiger partial charge in [-0.2, -0.15) is 14.6 Å². The van der Waals surface area contributed by atoms with Crippen molar-refractivity contribution in [2.75, 3.05) is 18.0 Å². The van der Waals surface area contributed by atoms with E-state index in [1.54, 1.807) is 6.33 Å². The van der Waals surface area contributed by atoms with Gasteiger partial charge in [0.05, 0.1) is 0 Å². The number of aryl methyl sites for hydroxylation is 1. The molecule has 1 fully saturated rings. The molecule has 1 aliphatic heterocycles. The number of nitrogens with zero attached hydrogens (tertiary/aromatic N) is 5. The first-order chi connectivity index (χ1) is 7.74. The molecule has 5 nitrogen and oxygen atoms in total. The van der Waals surface area contributed by atoms with Crippen LogP contribution in [0.4, 0.5) is 5.82 Å². The van der Waals surface area contributed by atoms with Crippen LogP contribution < -0.4 is 4.90 Å². The van der Waals surface area contributed by atoms with Crippen molar-refractivity contribution in [2.45, 2.75) is 20.3 Å². The summed E-state index contributed by atoms with van der Waals surface area (Å²) in [5.41, 5.74) is 0.995. The van der Waals surface area contributed by atoms with Crippen LogP contribution in [0.1, 0.15) is 19.0 Å². The second-order valence-electron chi connectivity index (χ2n) is 4.57. The Balaban J connectivity index is 2.11. The van der Waals surface area contributed by atoms with E-state index in [2.05, 4.69) is 33.0 Å². The highest BCUT2D eigenvalue weighted by Crippen LogP contribution is 2.23. The number of hydrogen-bond donors (Lipinski definition) is 0. The maximum atomic E-state index is 4.35. The summed E-state index contributed by atoms with van der Waals surface area (Å²) in [4.78, 5) is 10.9. The van der Waals surface area contributed by atoms with Crippen LogP contribution >= 0.6 is 0 Å². The van der Waals surface area contributed by atoms with Gasteiger partial charge in [-0.05, 0) is 19.3 Å². The van der Waals surface area contributed by atoms with Crippen molar-refractivity contribution in [1.29, 1.82) is 0 Å². The quantitative estimate of drug-likeness (QED) is 0.722. The maximum absolute atomic E-state index is 4.35. The molecule has 0 aliphatic carbocycles. The number of fused-ring (bicyclic) bond motifs is 1. The van der Waals surface area contributed by atoms with Crippen molar-refractivity contribution in [3.05, 3.63) is 18.1 Å². The Kier molecular flexibility index (Phi) is 2.05. The highest BCUT2D eigenvalue weighted by molar-refractivity contribution is 5.47. The summed E-state index contributed by atoms with van der Waals surface area (Å²) in [5, 5.41) is 4.23. The average Bonchev–Trinajstić information content (AvgIpc) is 2.84. The molecule has 1 saturated heterocycles. The van der Waals surface area contributed by atoms with Gasteiger partial charge in [0.25, 0.3) is 5.78 Å². The molecule has 0 amide bonds. The van der Waals surface area contributed by atoms with E-state index < -0.39 is 0 Å². The van der Waals surface area contributed by atoms with Gasteiger partial charge in [-0.25, -0.2) is 4.98 Å². The summed E-state index contributed by atoms with van der Waals surface area (Å²) in [5.74, 6) is 2.56. The minimum absolute atomic E-state index is 0.689. The summed E-state index contributed by atoms with van der Waals surface area (Å²) in [6.45, 7) is 6.47.